The molecule has 0 aliphatic carbocycles. The number of halogens is 1. The van der Waals surface area contributed by atoms with Gasteiger partial charge in [0.2, 0.25) is 0 Å². The first-order valence-electron chi connectivity index (χ1n) is 8.45. The molecule has 3 N–H and O–H groups in total. The summed E-state index contributed by atoms with van der Waals surface area (Å²) in [6, 6.07) is 10.2. The van der Waals surface area contributed by atoms with Crippen molar-refractivity contribution in [1.82, 2.24) is 5.32 Å². The molecular formula is C20H21ClN2O5. The highest BCUT2D eigenvalue weighted by molar-refractivity contribution is 6.31. The van der Waals surface area contributed by atoms with E-state index in [1.54, 1.807) is 42.5 Å². The highest BCUT2D eigenvalue weighted by atomic mass is 35.5. The molecule has 0 bridgehead atoms. The monoisotopic (exact) mass is 404 g/mol. The lowest BCUT2D eigenvalue weighted by atomic mass is 10.0. The van der Waals surface area contributed by atoms with Crippen LogP contribution in [0.2, 0.25) is 5.02 Å². The lowest BCUT2D eigenvalue weighted by molar-refractivity contribution is -0.145. The molecule has 1 atom stereocenters. The van der Waals surface area contributed by atoms with Gasteiger partial charge in [-0.1, -0.05) is 29.8 Å². The Kier molecular flexibility index (Phi) is 7.40. The van der Waals surface area contributed by atoms with E-state index in [2.05, 4.69) is 5.32 Å². The van der Waals surface area contributed by atoms with Crippen LogP contribution in [0.5, 0.6) is 5.75 Å². The molecule has 0 aliphatic rings. The number of hydrogen-bond acceptors (Lipinski definition) is 5. The summed E-state index contributed by atoms with van der Waals surface area (Å²) in [7, 11) is 1.48. The van der Waals surface area contributed by atoms with Crippen LogP contribution in [0.25, 0.3) is 0 Å². The molecule has 2 aromatic carbocycles. The minimum Gasteiger partial charge on any atom is -0.496 e. The van der Waals surface area contributed by atoms with Gasteiger partial charge >= 0.3 is 12.0 Å². The Morgan fingerprint density at radius 3 is 2.50 bits per heavy atom. The van der Waals surface area contributed by atoms with E-state index in [9.17, 15) is 14.4 Å². The minimum absolute atomic E-state index is 0.0884. The van der Waals surface area contributed by atoms with Crippen molar-refractivity contribution in [3.05, 3.63) is 64.2 Å². The predicted octanol–water partition coefficient (Wildman–Crippen LogP) is 3.39. The van der Waals surface area contributed by atoms with Gasteiger partial charge in [-0.25, -0.2) is 4.79 Å². The maximum atomic E-state index is 12.3. The summed E-state index contributed by atoms with van der Waals surface area (Å²) >= 11 is 6.15. The van der Waals surface area contributed by atoms with Crippen LogP contribution in [-0.2, 0) is 16.1 Å². The summed E-state index contributed by atoms with van der Waals surface area (Å²) in [4.78, 5) is 35.2. The second-order valence-corrected chi connectivity index (χ2v) is 6.44. The predicted molar refractivity (Wildman–Crippen MR) is 104 cm³/mol. The fourth-order valence-corrected chi connectivity index (χ4v) is 2.93. The Morgan fingerprint density at radius 1 is 1.18 bits per heavy atom. The Bertz CT molecular complexity index is 885. The number of benzene rings is 2. The molecule has 7 nitrogen and oxygen atoms in total. The third kappa shape index (κ3) is 5.72. The van der Waals surface area contributed by atoms with Crippen molar-refractivity contribution >= 4 is 29.4 Å². The molecule has 0 fully saturated rings. The van der Waals surface area contributed by atoms with Crippen molar-refractivity contribution in [2.75, 3.05) is 7.11 Å². The summed E-state index contributed by atoms with van der Waals surface area (Å²) < 4.78 is 10.6. The smallest absolute Gasteiger partial charge is 0.312 e. The van der Waals surface area contributed by atoms with E-state index >= 15 is 0 Å². The van der Waals surface area contributed by atoms with Gasteiger partial charge in [0, 0.05) is 16.1 Å². The second-order valence-electron chi connectivity index (χ2n) is 6.03. The number of nitrogens with one attached hydrogen (secondary N) is 1. The molecule has 2 amide bonds. The average molecular weight is 405 g/mol. The fourth-order valence-electron chi connectivity index (χ4n) is 2.66. The van der Waals surface area contributed by atoms with Gasteiger partial charge in [0.05, 0.1) is 19.6 Å². The highest BCUT2D eigenvalue weighted by Gasteiger charge is 2.21. The number of urea groups is 1. The number of ketones is 1. The summed E-state index contributed by atoms with van der Waals surface area (Å²) in [5, 5.41) is 2.89. The van der Waals surface area contributed by atoms with Crippen LogP contribution in [0.15, 0.2) is 42.5 Å². The summed E-state index contributed by atoms with van der Waals surface area (Å²) in [6.07, 6.45) is -0.165. The summed E-state index contributed by atoms with van der Waals surface area (Å²) in [5.74, 6) is -0.190. The number of hydrogen-bond donors (Lipinski definition) is 2. The maximum Gasteiger partial charge on any atom is 0.312 e. The minimum atomic E-state index is -0.784. The number of methoxy groups -OCH3 is 1. The molecule has 0 heterocycles. The van der Waals surface area contributed by atoms with Gasteiger partial charge in [0.25, 0.3) is 0 Å². The van der Waals surface area contributed by atoms with E-state index in [-0.39, 0.29) is 18.8 Å². The van der Waals surface area contributed by atoms with Crippen LogP contribution in [0, 0.1) is 0 Å². The van der Waals surface area contributed by atoms with Gasteiger partial charge in [-0.3, -0.25) is 9.59 Å². The van der Waals surface area contributed by atoms with E-state index in [4.69, 9.17) is 26.8 Å². The Morgan fingerprint density at radius 2 is 1.89 bits per heavy atom. The molecule has 0 saturated heterocycles. The van der Waals surface area contributed by atoms with Crippen molar-refractivity contribution < 1.29 is 23.9 Å². The molecule has 8 heteroatoms. The standard InChI is InChI=1S/C20H21ClN2O5/c1-12(24)13-7-8-18(27-2)14(9-13)11-28-19(25)10-17(23-20(22)26)15-5-3-4-6-16(15)21/h3-9,17H,10-11H2,1-2H3,(H3,22,23,26)/t17-/m0/s1. The van der Waals surface area contributed by atoms with Crippen LogP contribution in [0.4, 0.5) is 4.79 Å². The molecule has 2 rings (SSSR count). The normalized spacial score (nSPS) is 11.4. The van der Waals surface area contributed by atoms with E-state index in [0.717, 1.165) is 0 Å². The number of Topliss-reactive ketones (excluding diaryl/α,β-unsaturated/α-hetero) is 1. The number of amides is 2. The van der Waals surface area contributed by atoms with Crippen molar-refractivity contribution in [2.45, 2.75) is 26.0 Å². The zero-order valence-electron chi connectivity index (χ0n) is 15.5. The lowest BCUT2D eigenvalue weighted by Gasteiger charge is -2.19. The molecule has 148 valence electrons. The first-order valence-corrected chi connectivity index (χ1v) is 8.83. The Hall–Kier alpha value is -3.06. The van der Waals surface area contributed by atoms with Gasteiger partial charge in [0.15, 0.2) is 5.78 Å². The molecule has 0 saturated carbocycles. The summed E-state index contributed by atoms with van der Waals surface area (Å²) in [5.41, 5.74) is 6.80. The number of nitrogens with two attached hydrogens (primary N) is 1. The molecule has 0 aliphatic heterocycles. The van der Waals surface area contributed by atoms with Crippen LogP contribution in [-0.4, -0.2) is 24.9 Å². The van der Waals surface area contributed by atoms with Gasteiger partial charge < -0.3 is 20.5 Å². The van der Waals surface area contributed by atoms with Crippen molar-refractivity contribution in [3.8, 4) is 5.75 Å². The fraction of sp³-hybridized carbons (Fsp3) is 0.250. The number of esters is 1. The lowest BCUT2D eigenvalue weighted by Crippen LogP contribution is -2.34. The van der Waals surface area contributed by atoms with Gasteiger partial charge in [-0.15, -0.1) is 0 Å². The van der Waals surface area contributed by atoms with Crippen LogP contribution in [0.1, 0.15) is 40.9 Å². The molecule has 28 heavy (non-hydrogen) atoms. The highest BCUT2D eigenvalue weighted by Crippen LogP contribution is 2.26. The zero-order chi connectivity index (χ0) is 20.7. The molecule has 0 unspecified atom stereocenters. The first kappa shape index (κ1) is 21.2. The Balaban J connectivity index is 2.11. The number of ether oxygens (including phenoxy) is 2. The van der Waals surface area contributed by atoms with Crippen molar-refractivity contribution in [2.24, 2.45) is 5.73 Å². The van der Waals surface area contributed by atoms with Crippen molar-refractivity contribution in [3.63, 3.8) is 0 Å². The summed E-state index contributed by atoms with van der Waals surface area (Å²) in [6.45, 7) is 1.36. The maximum absolute atomic E-state index is 12.3. The average Bonchev–Trinajstić information content (AvgIpc) is 2.65. The zero-order valence-corrected chi connectivity index (χ0v) is 16.3. The number of rotatable bonds is 8. The first-order chi connectivity index (χ1) is 13.3. The molecule has 0 aromatic heterocycles. The van der Waals surface area contributed by atoms with Gasteiger partial charge in [0.1, 0.15) is 12.4 Å². The second kappa shape index (κ2) is 9.75. The van der Waals surface area contributed by atoms with Crippen molar-refractivity contribution in [1.29, 1.82) is 0 Å². The van der Waals surface area contributed by atoms with Gasteiger partial charge in [-0.05, 0) is 36.8 Å². The number of primary amides is 1. The molecular weight excluding hydrogens is 384 g/mol. The van der Waals surface area contributed by atoms with Crippen LogP contribution in [0.3, 0.4) is 0 Å². The van der Waals surface area contributed by atoms with E-state index in [0.29, 0.717) is 27.5 Å². The SMILES string of the molecule is COc1ccc(C(C)=O)cc1COC(=O)C[C@H](NC(N)=O)c1ccccc1Cl. The molecule has 0 spiro atoms. The van der Waals surface area contributed by atoms with E-state index < -0.39 is 18.0 Å². The number of carbonyl (C=O) groups excluding carboxylic acids is 3. The third-order valence-corrected chi connectivity index (χ3v) is 4.39. The molecule has 2 aromatic rings. The van der Waals surface area contributed by atoms with Crippen LogP contribution < -0.4 is 15.8 Å². The van der Waals surface area contributed by atoms with Crippen LogP contribution >= 0.6 is 11.6 Å². The largest absolute Gasteiger partial charge is 0.496 e. The van der Waals surface area contributed by atoms with Gasteiger partial charge in [-0.2, -0.15) is 0 Å². The van der Waals surface area contributed by atoms with E-state index in [1.165, 1.54) is 14.0 Å². The number of carbonyl (C=O) groups is 3. The quantitative estimate of drug-likeness (QED) is 0.518. The third-order valence-electron chi connectivity index (χ3n) is 4.04. The molecule has 0 radical (unpaired) electrons. The van der Waals surface area contributed by atoms with E-state index in [1.807, 2.05) is 0 Å². The topological polar surface area (TPSA) is 108 Å². The Labute approximate surface area is 167 Å².